The van der Waals surface area contributed by atoms with Gasteiger partial charge in [-0.2, -0.15) is 0 Å². The summed E-state index contributed by atoms with van der Waals surface area (Å²) in [5.74, 6) is -0.182. The average molecular weight is 465 g/mol. The van der Waals surface area contributed by atoms with Crippen LogP contribution in [0.25, 0.3) is 0 Å². The van der Waals surface area contributed by atoms with Crippen molar-refractivity contribution < 1.29 is 18.0 Å². The fourth-order valence-corrected chi connectivity index (χ4v) is 7.47. The Kier molecular flexibility index (Phi) is 5.06. The molecule has 2 aliphatic rings. The van der Waals surface area contributed by atoms with Crippen molar-refractivity contribution in [2.45, 2.75) is 16.5 Å². The summed E-state index contributed by atoms with van der Waals surface area (Å²) in [6, 6.07) is 25.0. The van der Waals surface area contributed by atoms with Gasteiger partial charge in [-0.15, -0.1) is 11.8 Å². The molecule has 1 spiro atoms. The summed E-state index contributed by atoms with van der Waals surface area (Å²) < 4.78 is 27.9. The van der Waals surface area contributed by atoms with Gasteiger partial charge in [-0.3, -0.25) is 9.59 Å². The van der Waals surface area contributed by atoms with Crippen LogP contribution in [0, 0.1) is 0 Å². The smallest absolute Gasteiger partial charge is 0.267 e. The van der Waals surface area contributed by atoms with Gasteiger partial charge in [-0.1, -0.05) is 66.7 Å². The zero-order valence-electron chi connectivity index (χ0n) is 17.0. The van der Waals surface area contributed by atoms with Gasteiger partial charge in [0.1, 0.15) is 6.04 Å². The zero-order valence-corrected chi connectivity index (χ0v) is 18.6. The Morgan fingerprint density at radius 2 is 1.44 bits per heavy atom. The molecular formula is C24H20N2O4S2. The third-order valence-electron chi connectivity index (χ3n) is 5.96. The molecule has 2 saturated heterocycles. The van der Waals surface area contributed by atoms with Gasteiger partial charge in [0.2, 0.25) is 0 Å². The van der Waals surface area contributed by atoms with Crippen LogP contribution in [0.2, 0.25) is 0 Å². The maximum Gasteiger partial charge on any atom is 0.267 e. The van der Waals surface area contributed by atoms with Crippen LogP contribution in [-0.4, -0.2) is 46.6 Å². The molecule has 2 aliphatic heterocycles. The highest BCUT2D eigenvalue weighted by Gasteiger charge is 2.70. The number of β-lactam (4-membered cyclic amide) rings is 1. The molecule has 0 aliphatic carbocycles. The van der Waals surface area contributed by atoms with Crippen LogP contribution in [-0.2, 0) is 14.8 Å². The van der Waals surface area contributed by atoms with Gasteiger partial charge in [-0.25, -0.2) is 12.7 Å². The Bertz CT molecular complexity index is 1270. The number of carbonyl (C=O) groups is 2. The van der Waals surface area contributed by atoms with Crippen molar-refractivity contribution in [1.82, 2.24) is 9.21 Å². The fraction of sp³-hybridized carbons (Fsp3) is 0.167. The van der Waals surface area contributed by atoms with E-state index in [1.165, 1.54) is 23.9 Å². The van der Waals surface area contributed by atoms with Crippen molar-refractivity contribution in [3.8, 4) is 0 Å². The lowest BCUT2D eigenvalue weighted by molar-refractivity contribution is -0.157. The van der Waals surface area contributed by atoms with E-state index in [0.29, 0.717) is 22.8 Å². The minimum atomic E-state index is -4.09. The van der Waals surface area contributed by atoms with Gasteiger partial charge in [-0.05, 0) is 29.8 Å². The predicted molar refractivity (Wildman–Crippen MR) is 122 cm³/mol. The average Bonchev–Trinajstić information content (AvgIpc) is 3.31. The molecule has 6 nitrogen and oxygen atoms in total. The first-order chi connectivity index (χ1) is 15.5. The standard InChI is InChI=1S/C24H20N2O4S2/c27-22(19-12-6-2-7-13-19)25-17-31-16-24(25)21(18-10-4-1-5-11-18)26(23(24)28)32(29,30)20-14-8-3-9-15-20/h1-15,21H,16-17H2. The molecule has 2 unspecified atom stereocenters. The molecule has 2 amide bonds. The van der Waals surface area contributed by atoms with Gasteiger partial charge in [0.05, 0.1) is 10.8 Å². The molecule has 8 heteroatoms. The Morgan fingerprint density at radius 3 is 2.06 bits per heavy atom. The Morgan fingerprint density at radius 1 is 0.875 bits per heavy atom. The first kappa shape index (κ1) is 20.8. The van der Waals surface area contributed by atoms with Crippen molar-refractivity contribution in [1.29, 1.82) is 0 Å². The van der Waals surface area contributed by atoms with Crippen LogP contribution in [0.4, 0.5) is 0 Å². The summed E-state index contributed by atoms with van der Waals surface area (Å²) in [7, 11) is -4.09. The first-order valence-corrected chi connectivity index (χ1v) is 12.7. The maximum absolute atomic E-state index is 13.7. The third-order valence-corrected chi connectivity index (χ3v) is 8.81. The van der Waals surface area contributed by atoms with E-state index in [0.717, 1.165) is 4.31 Å². The number of sulfonamides is 1. The van der Waals surface area contributed by atoms with Crippen LogP contribution in [0.15, 0.2) is 95.9 Å². The van der Waals surface area contributed by atoms with Gasteiger partial charge in [0.15, 0.2) is 5.54 Å². The van der Waals surface area contributed by atoms with Gasteiger partial charge >= 0.3 is 0 Å². The highest BCUT2D eigenvalue weighted by molar-refractivity contribution is 7.99. The number of benzene rings is 3. The van der Waals surface area contributed by atoms with Crippen LogP contribution in [0.1, 0.15) is 22.0 Å². The van der Waals surface area contributed by atoms with E-state index in [-0.39, 0.29) is 10.8 Å². The molecule has 0 radical (unpaired) electrons. The van der Waals surface area contributed by atoms with Crippen molar-refractivity contribution in [3.05, 3.63) is 102 Å². The molecule has 3 aromatic rings. The van der Waals surface area contributed by atoms with Gasteiger partial charge in [0.25, 0.3) is 21.8 Å². The van der Waals surface area contributed by atoms with Gasteiger partial charge in [0, 0.05) is 11.3 Å². The second kappa shape index (κ2) is 7.79. The number of carbonyl (C=O) groups excluding carboxylic acids is 2. The molecule has 3 aromatic carbocycles. The zero-order chi connectivity index (χ0) is 22.3. The van der Waals surface area contributed by atoms with E-state index in [9.17, 15) is 18.0 Å². The second-order valence-corrected chi connectivity index (χ2v) is 10.5. The minimum Gasteiger partial charge on any atom is -0.311 e. The number of rotatable bonds is 4. The molecule has 2 fully saturated rings. The normalized spacial score (nSPS) is 22.8. The van der Waals surface area contributed by atoms with Crippen LogP contribution in [0.3, 0.4) is 0 Å². The lowest BCUT2D eigenvalue weighted by atomic mass is 9.77. The monoisotopic (exact) mass is 464 g/mol. The minimum absolute atomic E-state index is 0.0516. The quantitative estimate of drug-likeness (QED) is 0.552. The molecule has 0 saturated carbocycles. The highest BCUT2D eigenvalue weighted by Crippen LogP contribution is 2.54. The summed E-state index contributed by atoms with van der Waals surface area (Å²) in [4.78, 5) is 28.7. The van der Waals surface area contributed by atoms with E-state index in [1.54, 1.807) is 59.5 Å². The number of hydrogen-bond donors (Lipinski definition) is 0. The highest BCUT2D eigenvalue weighted by atomic mass is 32.2. The summed E-state index contributed by atoms with van der Waals surface area (Å²) in [6.07, 6.45) is 0. The largest absolute Gasteiger partial charge is 0.311 e. The molecule has 0 aromatic heterocycles. The van der Waals surface area contributed by atoms with Crippen molar-refractivity contribution >= 4 is 33.6 Å². The molecule has 32 heavy (non-hydrogen) atoms. The van der Waals surface area contributed by atoms with Gasteiger partial charge < -0.3 is 4.90 Å². The Balaban J connectivity index is 1.63. The fourth-order valence-electron chi connectivity index (χ4n) is 4.42. The van der Waals surface area contributed by atoms with Crippen molar-refractivity contribution in [2.24, 2.45) is 0 Å². The van der Waals surface area contributed by atoms with E-state index < -0.39 is 27.5 Å². The lowest BCUT2D eigenvalue weighted by Crippen LogP contribution is -2.76. The molecular weight excluding hydrogens is 444 g/mol. The topological polar surface area (TPSA) is 74.8 Å². The summed E-state index contributed by atoms with van der Waals surface area (Å²) in [5.41, 5.74) is -0.0980. The molecule has 162 valence electrons. The molecule has 2 heterocycles. The number of amides is 2. The molecule has 5 rings (SSSR count). The molecule has 2 atom stereocenters. The molecule has 0 N–H and O–H groups in total. The number of nitrogens with zero attached hydrogens (tertiary/aromatic N) is 2. The first-order valence-electron chi connectivity index (χ1n) is 10.1. The summed E-state index contributed by atoms with van der Waals surface area (Å²) >= 11 is 1.46. The lowest BCUT2D eigenvalue weighted by Gasteiger charge is -2.56. The third kappa shape index (κ3) is 2.97. The van der Waals surface area contributed by atoms with E-state index in [1.807, 2.05) is 24.3 Å². The Hall–Kier alpha value is -3.10. The number of thioether (sulfide) groups is 1. The molecule has 0 bridgehead atoms. The van der Waals surface area contributed by atoms with Crippen LogP contribution < -0.4 is 0 Å². The van der Waals surface area contributed by atoms with Crippen molar-refractivity contribution in [2.75, 3.05) is 11.6 Å². The second-order valence-electron chi connectivity index (χ2n) is 7.73. The van der Waals surface area contributed by atoms with E-state index in [2.05, 4.69) is 0 Å². The number of hydrogen-bond acceptors (Lipinski definition) is 5. The summed E-state index contributed by atoms with van der Waals surface area (Å²) in [6.45, 7) is 0. The van der Waals surface area contributed by atoms with Crippen LogP contribution in [0.5, 0.6) is 0 Å². The SMILES string of the molecule is O=C(c1ccccc1)N1CSCC12C(=O)N(S(=O)(=O)c1ccccc1)C2c1ccccc1. The Labute approximate surface area is 190 Å². The van der Waals surface area contributed by atoms with E-state index in [4.69, 9.17) is 0 Å². The predicted octanol–water partition coefficient (Wildman–Crippen LogP) is 3.54. The summed E-state index contributed by atoms with van der Waals surface area (Å²) in [5, 5.41) is 0. The van der Waals surface area contributed by atoms with Crippen molar-refractivity contribution in [3.63, 3.8) is 0 Å². The van der Waals surface area contributed by atoms with Crippen LogP contribution >= 0.6 is 11.8 Å². The maximum atomic E-state index is 13.7. The van der Waals surface area contributed by atoms with E-state index >= 15 is 0 Å².